The van der Waals surface area contributed by atoms with Gasteiger partial charge in [-0.2, -0.15) is 0 Å². The number of aromatic nitrogens is 2. The number of hydrogen-bond acceptors (Lipinski definition) is 6. The number of nitro groups is 1. The number of ether oxygens (including phenoxy) is 1. The highest BCUT2D eigenvalue weighted by atomic mass is 16.6. The van der Waals surface area contributed by atoms with Gasteiger partial charge in [-0.3, -0.25) is 4.98 Å². The summed E-state index contributed by atoms with van der Waals surface area (Å²) in [6.07, 6.45) is 1.65. The molecule has 0 fully saturated rings. The lowest BCUT2D eigenvalue weighted by Gasteiger charge is -2.07. The standard InChI is InChI=1S/C13H14N4O3/c1-9-3-4-12(13(16-9)17(18)19)20-8-11-7-10(14-2)5-6-15-11/h3-7H,8H2,1-2H3,(H,14,15). The average Bonchev–Trinajstić information content (AvgIpc) is 2.46. The third-order valence-electron chi connectivity index (χ3n) is 2.63. The maximum atomic E-state index is 10.9. The molecule has 0 saturated carbocycles. The van der Waals surface area contributed by atoms with Crippen molar-refractivity contribution in [1.29, 1.82) is 0 Å². The van der Waals surface area contributed by atoms with E-state index in [0.717, 1.165) is 5.69 Å². The zero-order chi connectivity index (χ0) is 14.5. The van der Waals surface area contributed by atoms with Crippen molar-refractivity contribution in [2.24, 2.45) is 0 Å². The molecule has 7 nitrogen and oxygen atoms in total. The Morgan fingerprint density at radius 3 is 2.90 bits per heavy atom. The van der Waals surface area contributed by atoms with Gasteiger partial charge < -0.3 is 20.2 Å². The van der Waals surface area contributed by atoms with Crippen LogP contribution in [0.1, 0.15) is 11.4 Å². The van der Waals surface area contributed by atoms with Crippen LogP contribution in [0, 0.1) is 17.0 Å². The Kier molecular flexibility index (Phi) is 4.09. The zero-order valence-electron chi connectivity index (χ0n) is 11.2. The van der Waals surface area contributed by atoms with Crippen LogP contribution in [0.2, 0.25) is 0 Å². The SMILES string of the molecule is CNc1ccnc(COc2ccc(C)nc2[N+](=O)[O-])c1. The number of nitrogens with one attached hydrogen (secondary N) is 1. The number of pyridine rings is 2. The van der Waals surface area contributed by atoms with E-state index in [2.05, 4.69) is 15.3 Å². The van der Waals surface area contributed by atoms with Crippen molar-refractivity contribution < 1.29 is 9.66 Å². The van der Waals surface area contributed by atoms with Gasteiger partial charge in [0.2, 0.25) is 5.75 Å². The van der Waals surface area contributed by atoms with Crippen LogP contribution in [-0.4, -0.2) is 21.9 Å². The normalized spacial score (nSPS) is 10.1. The molecule has 0 saturated heterocycles. The zero-order valence-corrected chi connectivity index (χ0v) is 11.2. The molecule has 2 aromatic rings. The summed E-state index contributed by atoms with van der Waals surface area (Å²) in [6.45, 7) is 1.83. The summed E-state index contributed by atoms with van der Waals surface area (Å²) in [5, 5.41) is 13.9. The van der Waals surface area contributed by atoms with Gasteiger partial charge >= 0.3 is 5.82 Å². The fourth-order valence-corrected chi connectivity index (χ4v) is 1.64. The highest BCUT2D eigenvalue weighted by Crippen LogP contribution is 2.25. The Balaban J connectivity index is 2.16. The van der Waals surface area contributed by atoms with Crippen LogP contribution >= 0.6 is 0 Å². The lowest BCUT2D eigenvalue weighted by atomic mass is 10.3. The first kappa shape index (κ1) is 13.7. The lowest BCUT2D eigenvalue weighted by Crippen LogP contribution is -2.03. The van der Waals surface area contributed by atoms with Crippen LogP contribution in [0.5, 0.6) is 5.75 Å². The third kappa shape index (κ3) is 3.19. The number of aryl methyl sites for hydroxylation is 1. The van der Waals surface area contributed by atoms with Gasteiger partial charge in [-0.05, 0) is 34.2 Å². The first-order valence-electron chi connectivity index (χ1n) is 5.97. The molecular weight excluding hydrogens is 260 g/mol. The molecule has 0 unspecified atom stereocenters. The fraction of sp³-hybridized carbons (Fsp3) is 0.231. The van der Waals surface area contributed by atoms with Crippen molar-refractivity contribution in [3.8, 4) is 5.75 Å². The summed E-state index contributed by atoms with van der Waals surface area (Å²) in [6, 6.07) is 6.84. The van der Waals surface area contributed by atoms with Gasteiger partial charge in [-0.25, -0.2) is 0 Å². The van der Waals surface area contributed by atoms with Crippen molar-refractivity contribution in [2.45, 2.75) is 13.5 Å². The van der Waals surface area contributed by atoms with Crippen LogP contribution in [0.15, 0.2) is 30.5 Å². The Hall–Kier alpha value is -2.70. The average molecular weight is 274 g/mol. The summed E-state index contributed by atoms with van der Waals surface area (Å²) < 4.78 is 5.44. The molecule has 20 heavy (non-hydrogen) atoms. The van der Waals surface area contributed by atoms with E-state index < -0.39 is 4.92 Å². The van der Waals surface area contributed by atoms with Gasteiger partial charge in [0.25, 0.3) is 0 Å². The minimum absolute atomic E-state index is 0.136. The molecule has 0 atom stereocenters. The van der Waals surface area contributed by atoms with E-state index in [1.807, 2.05) is 12.1 Å². The van der Waals surface area contributed by atoms with Crippen molar-refractivity contribution in [3.05, 3.63) is 52.0 Å². The molecule has 104 valence electrons. The predicted octanol–water partition coefficient (Wildman–Crippen LogP) is 2.31. The van der Waals surface area contributed by atoms with E-state index in [0.29, 0.717) is 11.4 Å². The maximum Gasteiger partial charge on any atom is 0.406 e. The van der Waals surface area contributed by atoms with E-state index >= 15 is 0 Å². The molecule has 0 amide bonds. The largest absolute Gasteiger partial charge is 0.479 e. The minimum Gasteiger partial charge on any atom is -0.479 e. The molecule has 7 heteroatoms. The molecule has 1 N–H and O–H groups in total. The van der Waals surface area contributed by atoms with Crippen LogP contribution in [-0.2, 0) is 6.61 Å². The van der Waals surface area contributed by atoms with Crippen molar-refractivity contribution >= 4 is 11.5 Å². The Bertz CT molecular complexity index is 631. The molecular formula is C13H14N4O3. The van der Waals surface area contributed by atoms with Crippen molar-refractivity contribution in [3.63, 3.8) is 0 Å². The predicted molar refractivity (Wildman–Crippen MR) is 73.7 cm³/mol. The van der Waals surface area contributed by atoms with Crippen LogP contribution < -0.4 is 10.1 Å². The molecule has 2 heterocycles. The summed E-state index contributed by atoms with van der Waals surface area (Å²) in [5.41, 5.74) is 2.14. The highest BCUT2D eigenvalue weighted by Gasteiger charge is 2.17. The molecule has 0 aromatic carbocycles. The van der Waals surface area contributed by atoms with Crippen LogP contribution in [0.4, 0.5) is 11.5 Å². The number of hydrogen-bond donors (Lipinski definition) is 1. The smallest absolute Gasteiger partial charge is 0.406 e. The Morgan fingerprint density at radius 1 is 1.40 bits per heavy atom. The summed E-state index contributed by atoms with van der Waals surface area (Å²) >= 11 is 0. The van der Waals surface area contributed by atoms with E-state index in [1.165, 1.54) is 0 Å². The molecule has 0 aliphatic carbocycles. The highest BCUT2D eigenvalue weighted by molar-refractivity contribution is 5.43. The van der Waals surface area contributed by atoms with Gasteiger partial charge in [0, 0.05) is 25.9 Å². The van der Waals surface area contributed by atoms with E-state index in [4.69, 9.17) is 4.74 Å². The molecule has 2 aromatic heterocycles. The van der Waals surface area contributed by atoms with E-state index in [9.17, 15) is 10.1 Å². The summed E-state index contributed by atoms with van der Waals surface area (Å²) in [5.74, 6) is -0.146. The number of nitrogens with zero attached hydrogens (tertiary/aromatic N) is 3. The van der Waals surface area contributed by atoms with Crippen molar-refractivity contribution in [2.75, 3.05) is 12.4 Å². The topological polar surface area (TPSA) is 90.2 Å². The summed E-state index contributed by atoms with van der Waals surface area (Å²) in [7, 11) is 1.80. The molecule has 0 aliphatic rings. The second-order valence-corrected chi connectivity index (χ2v) is 4.11. The third-order valence-corrected chi connectivity index (χ3v) is 2.63. The van der Waals surface area contributed by atoms with E-state index in [-0.39, 0.29) is 18.2 Å². The number of anilines is 1. The van der Waals surface area contributed by atoms with E-state index in [1.54, 1.807) is 32.3 Å². The molecule has 0 spiro atoms. The number of rotatable bonds is 5. The first-order chi connectivity index (χ1) is 9.60. The monoisotopic (exact) mass is 274 g/mol. The van der Waals surface area contributed by atoms with Gasteiger partial charge in [-0.1, -0.05) is 0 Å². The molecule has 0 bridgehead atoms. The van der Waals surface area contributed by atoms with Crippen molar-refractivity contribution in [1.82, 2.24) is 9.97 Å². The Morgan fingerprint density at radius 2 is 2.20 bits per heavy atom. The fourth-order valence-electron chi connectivity index (χ4n) is 1.64. The quantitative estimate of drug-likeness (QED) is 0.664. The Labute approximate surface area is 115 Å². The molecule has 0 aliphatic heterocycles. The molecule has 0 radical (unpaired) electrons. The first-order valence-corrected chi connectivity index (χ1v) is 5.97. The maximum absolute atomic E-state index is 10.9. The van der Waals surface area contributed by atoms with Gasteiger partial charge in [0.1, 0.15) is 12.3 Å². The second-order valence-electron chi connectivity index (χ2n) is 4.11. The second kappa shape index (κ2) is 5.96. The minimum atomic E-state index is -0.556. The van der Waals surface area contributed by atoms with Crippen LogP contribution in [0.25, 0.3) is 0 Å². The summed E-state index contributed by atoms with van der Waals surface area (Å²) in [4.78, 5) is 18.4. The van der Waals surface area contributed by atoms with Gasteiger partial charge in [-0.15, -0.1) is 0 Å². The van der Waals surface area contributed by atoms with Gasteiger partial charge in [0.05, 0.1) is 5.69 Å². The molecule has 2 rings (SSSR count). The van der Waals surface area contributed by atoms with Gasteiger partial charge in [0.15, 0.2) is 0 Å². The van der Waals surface area contributed by atoms with Crippen LogP contribution in [0.3, 0.4) is 0 Å². The lowest BCUT2D eigenvalue weighted by molar-refractivity contribution is -0.390.